The summed E-state index contributed by atoms with van der Waals surface area (Å²) in [6.07, 6.45) is 2.40. The Morgan fingerprint density at radius 2 is 1.85 bits per heavy atom. The fourth-order valence-electron chi connectivity index (χ4n) is 3.30. The molecule has 8 heteroatoms. The summed E-state index contributed by atoms with van der Waals surface area (Å²) in [4.78, 5) is 24.8. The lowest BCUT2D eigenvalue weighted by atomic mass is 10.1. The molecule has 0 unspecified atom stereocenters. The Hall–Kier alpha value is -4.20. The Morgan fingerprint density at radius 1 is 1.00 bits per heavy atom. The van der Waals surface area contributed by atoms with Crippen LogP contribution in [0.1, 0.15) is 18.2 Å². The van der Waals surface area contributed by atoms with Crippen molar-refractivity contribution in [2.75, 3.05) is 12.4 Å². The van der Waals surface area contributed by atoms with Gasteiger partial charge in [0.25, 0.3) is 0 Å². The van der Waals surface area contributed by atoms with Gasteiger partial charge in [-0.1, -0.05) is 6.07 Å². The molecule has 0 bridgehead atoms. The van der Waals surface area contributed by atoms with Gasteiger partial charge in [0.2, 0.25) is 0 Å². The maximum Gasteiger partial charge on any atom is 0.346 e. The topological polar surface area (TPSA) is 95.5 Å². The van der Waals surface area contributed by atoms with Crippen LogP contribution in [0.5, 0.6) is 17.2 Å². The highest BCUT2D eigenvalue weighted by Gasteiger charge is 2.18. The van der Waals surface area contributed by atoms with Crippen LogP contribution in [0.3, 0.4) is 0 Å². The van der Waals surface area contributed by atoms with E-state index in [2.05, 4.69) is 20.3 Å². The minimum atomic E-state index is -0.774. The number of carbonyl (C=O) groups excluding carboxylic acids is 1. The van der Waals surface area contributed by atoms with Gasteiger partial charge in [-0.15, -0.1) is 0 Å². The number of pyridine rings is 1. The molecule has 1 atom stereocenters. The second kappa shape index (κ2) is 9.52. The molecule has 0 spiro atoms. The Balaban J connectivity index is 1.61. The molecular formula is C25H24N4O4. The zero-order chi connectivity index (χ0) is 23.4. The molecule has 1 N–H and O–H groups in total. The van der Waals surface area contributed by atoms with Crippen LogP contribution in [0, 0.1) is 13.8 Å². The first kappa shape index (κ1) is 22.0. The lowest BCUT2D eigenvalue weighted by Gasteiger charge is -2.16. The van der Waals surface area contributed by atoms with Crippen LogP contribution in [0.25, 0.3) is 10.9 Å². The fourth-order valence-corrected chi connectivity index (χ4v) is 3.30. The van der Waals surface area contributed by atoms with E-state index in [4.69, 9.17) is 14.2 Å². The summed E-state index contributed by atoms with van der Waals surface area (Å²) in [5, 5.41) is 3.99. The number of aryl methyl sites for hydroxylation is 2. The number of esters is 1. The SMILES string of the molecule is COC(=O)[C@@H](C)Oc1cccc2ncnc(Nc3ccc(Oc4ccc(C)nc4)c(C)c3)c12. The van der Waals surface area contributed by atoms with Gasteiger partial charge in [0.15, 0.2) is 6.10 Å². The number of hydrogen-bond acceptors (Lipinski definition) is 8. The van der Waals surface area contributed by atoms with Gasteiger partial charge in [0.05, 0.1) is 24.2 Å². The van der Waals surface area contributed by atoms with Crippen LogP contribution in [0.2, 0.25) is 0 Å². The molecule has 33 heavy (non-hydrogen) atoms. The second-order valence-electron chi connectivity index (χ2n) is 7.50. The Morgan fingerprint density at radius 3 is 2.58 bits per heavy atom. The molecule has 4 rings (SSSR count). The molecule has 4 aromatic rings. The standard InChI is InChI=1S/C25H24N4O4/c1-15-12-18(9-11-21(15)33-19-10-8-16(2)26-13-19)29-24-23-20(27-14-28-24)6-5-7-22(23)32-17(3)25(30)31-4/h5-14,17H,1-4H3,(H,27,28,29)/t17-/m1/s1. The highest BCUT2D eigenvalue weighted by molar-refractivity contribution is 5.96. The average Bonchev–Trinajstić information content (AvgIpc) is 2.82. The van der Waals surface area contributed by atoms with Crippen LogP contribution in [-0.2, 0) is 9.53 Å². The van der Waals surface area contributed by atoms with Gasteiger partial charge < -0.3 is 19.5 Å². The van der Waals surface area contributed by atoms with E-state index in [1.54, 1.807) is 19.2 Å². The molecule has 0 saturated heterocycles. The fraction of sp³-hybridized carbons (Fsp3) is 0.200. The van der Waals surface area contributed by atoms with Gasteiger partial charge in [0.1, 0.15) is 29.4 Å². The van der Waals surface area contributed by atoms with Gasteiger partial charge in [-0.3, -0.25) is 4.98 Å². The van der Waals surface area contributed by atoms with Crippen molar-refractivity contribution in [3.8, 4) is 17.2 Å². The third-order valence-corrected chi connectivity index (χ3v) is 5.01. The lowest BCUT2D eigenvalue weighted by molar-refractivity contribution is -0.147. The van der Waals surface area contributed by atoms with E-state index in [-0.39, 0.29) is 0 Å². The largest absolute Gasteiger partial charge is 0.478 e. The maximum atomic E-state index is 11.8. The molecular weight excluding hydrogens is 420 g/mol. The Labute approximate surface area is 191 Å². The van der Waals surface area contributed by atoms with Crippen LogP contribution < -0.4 is 14.8 Å². The average molecular weight is 444 g/mol. The molecule has 0 aliphatic heterocycles. The van der Waals surface area contributed by atoms with Crippen LogP contribution in [0.4, 0.5) is 11.5 Å². The number of aromatic nitrogens is 3. The molecule has 2 aromatic heterocycles. The van der Waals surface area contributed by atoms with E-state index < -0.39 is 12.1 Å². The van der Waals surface area contributed by atoms with Crippen molar-refractivity contribution < 1.29 is 19.0 Å². The van der Waals surface area contributed by atoms with E-state index in [0.29, 0.717) is 28.2 Å². The van der Waals surface area contributed by atoms with Gasteiger partial charge in [0, 0.05) is 11.4 Å². The molecule has 2 aromatic carbocycles. The number of nitrogens with zero attached hydrogens (tertiary/aromatic N) is 3. The van der Waals surface area contributed by atoms with Crippen molar-refractivity contribution >= 4 is 28.4 Å². The number of carbonyl (C=O) groups is 1. The molecule has 0 aliphatic rings. The van der Waals surface area contributed by atoms with Gasteiger partial charge in [-0.25, -0.2) is 14.8 Å². The van der Waals surface area contributed by atoms with Crippen molar-refractivity contribution in [2.24, 2.45) is 0 Å². The van der Waals surface area contributed by atoms with Crippen molar-refractivity contribution in [1.82, 2.24) is 15.0 Å². The normalized spacial score (nSPS) is 11.6. The number of nitrogens with one attached hydrogen (secondary N) is 1. The zero-order valence-corrected chi connectivity index (χ0v) is 18.8. The summed E-state index contributed by atoms with van der Waals surface area (Å²) in [6.45, 7) is 5.53. The molecule has 0 radical (unpaired) electrons. The first-order valence-corrected chi connectivity index (χ1v) is 10.4. The number of hydrogen-bond donors (Lipinski definition) is 1. The minimum absolute atomic E-state index is 0.464. The smallest absolute Gasteiger partial charge is 0.346 e. The number of rotatable bonds is 7. The predicted octanol–water partition coefficient (Wildman–Crippen LogP) is 5.12. The summed E-state index contributed by atoms with van der Waals surface area (Å²) in [7, 11) is 1.33. The van der Waals surface area contributed by atoms with Crippen molar-refractivity contribution in [1.29, 1.82) is 0 Å². The Bertz CT molecular complexity index is 1290. The highest BCUT2D eigenvalue weighted by atomic mass is 16.6. The molecule has 0 amide bonds. The monoisotopic (exact) mass is 444 g/mol. The van der Waals surface area contributed by atoms with Gasteiger partial charge >= 0.3 is 5.97 Å². The lowest BCUT2D eigenvalue weighted by Crippen LogP contribution is -2.25. The number of fused-ring (bicyclic) bond motifs is 1. The molecule has 0 fully saturated rings. The highest BCUT2D eigenvalue weighted by Crippen LogP contribution is 2.33. The van der Waals surface area contributed by atoms with Crippen molar-refractivity contribution in [3.63, 3.8) is 0 Å². The van der Waals surface area contributed by atoms with Crippen molar-refractivity contribution in [2.45, 2.75) is 26.9 Å². The first-order valence-electron chi connectivity index (χ1n) is 10.4. The maximum absolute atomic E-state index is 11.8. The molecule has 168 valence electrons. The minimum Gasteiger partial charge on any atom is -0.478 e. The van der Waals surface area contributed by atoms with Gasteiger partial charge in [-0.2, -0.15) is 0 Å². The Kier molecular flexibility index (Phi) is 6.35. The summed E-state index contributed by atoms with van der Waals surface area (Å²) in [5.41, 5.74) is 3.37. The summed E-state index contributed by atoms with van der Waals surface area (Å²) in [5.74, 6) is 1.98. The molecule has 0 aliphatic carbocycles. The number of methoxy groups -OCH3 is 1. The third kappa shape index (κ3) is 5.01. The number of ether oxygens (including phenoxy) is 3. The van der Waals surface area contributed by atoms with E-state index in [1.165, 1.54) is 13.4 Å². The van der Waals surface area contributed by atoms with Crippen LogP contribution in [0.15, 0.2) is 61.1 Å². The van der Waals surface area contributed by atoms with Gasteiger partial charge in [-0.05, 0) is 68.8 Å². The van der Waals surface area contributed by atoms with E-state index in [0.717, 1.165) is 22.7 Å². The molecule has 8 nitrogen and oxygen atoms in total. The summed E-state index contributed by atoms with van der Waals surface area (Å²) >= 11 is 0. The summed E-state index contributed by atoms with van der Waals surface area (Å²) in [6, 6.07) is 15.0. The van der Waals surface area contributed by atoms with Crippen LogP contribution in [-0.4, -0.2) is 34.1 Å². The van der Waals surface area contributed by atoms with E-state index >= 15 is 0 Å². The number of benzene rings is 2. The zero-order valence-electron chi connectivity index (χ0n) is 18.8. The van der Waals surface area contributed by atoms with Crippen molar-refractivity contribution in [3.05, 3.63) is 72.3 Å². The predicted molar refractivity (Wildman–Crippen MR) is 125 cm³/mol. The quantitative estimate of drug-likeness (QED) is 0.393. The second-order valence-corrected chi connectivity index (χ2v) is 7.50. The third-order valence-electron chi connectivity index (χ3n) is 5.01. The molecule has 0 saturated carbocycles. The van der Waals surface area contributed by atoms with E-state index in [1.807, 2.05) is 56.3 Å². The number of anilines is 2. The first-order chi connectivity index (χ1) is 15.9. The molecule has 2 heterocycles. The van der Waals surface area contributed by atoms with Crippen LogP contribution >= 0.6 is 0 Å². The summed E-state index contributed by atoms with van der Waals surface area (Å²) < 4.78 is 16.6. The van der Waals surface area contributed by atoms with E-state index in [9.17, 15) is 4.79 Å².